The minimum atomic E-state index is -0.220. The maximum atomic E-state index is 12.8. The predicted octanol–water partition coefficient (Wildman–Crippen LogP) is 2.10. The monoisotopic (exact) mass is 439 g/mol. The van der Waals surface area contributed by atoms with Gasteiger partial charge in [0, 0.05) is 55.3 Å². The lowest BCUT2D eigenvalue weighted by Gasteiger charge is -2.32. The van der Waals surface area contributed by atoms with Crippen molar-refractivity contribution in [3.63, 3.8) is 0 Å². The smallest absolute Gasteiger partial charge is 0.253 e. The summed E-state index contributed by atoms with van der Waals surface area (Å²) in [6.07, 6.45) is 0. The molecule has 0 aliphatic carbocycles. The Morgan fingerprint density at radius 2 is 1.74 bits per heavy atom. The number of anilines is 1. The molecule has 8 nitrogen and oxygen atoms in total. The largest absolute Gasteiger partial charge is 0.340 e. The van der Waals surface area contributed by atoms with Gasteiger partial charge in [0.05, 0.1) is 10.2 Å². The van der Waals surface area contributed by atoms with Gasteiger partial charge in [-0.1, -0.05) is 11.3 Å². The molecule has 31 heavy (non-hydrogen) atoms. The van der Waals surface area contributed by atoms with Gasteiger partial charge in [0.2, 0.25) is 5.91 Å². The lowest BCUT2D eigenvalue weighted by atomic mass is 10.1. The van der Waals surface area contributed by atoms with Crippen LogP contribution >= 0.6 is 11.3 Å². The second kappa shape index (κ2) is 8.60. The Hall–Kier alpha value is -3.04. The number of carbonyl (C=O) groups is 2. The normalized spacial score (nSPS) is 14.7. The molecule has 3 aromatic rings. The van der Waals surface area contributed by atoms with Gasteiger partial charge < -0.3 is 19.7 Å². The molecule has 4 rings (SSSR count). The van der Waals surface area contributed by atoms with Crippen LogP contribution < -0.4 is 10.7 Å². The average molecular weight is 440 g/mol. The third-order valence-electron chi connectivity index (χ3n) is 5.53. The van der Waals surface area contributed by atoms with E-state index < -0.39 is 0 Å². The van der Waals surface area contributed by atoms with Gasteiger partial charge >= 0.3 is 0 Å². The van der Waals surface area contributed by atoms with E-state index in [0.29, 0.717) is 10.7 Å². The minimum Gasteiger partial charge on any atom is -0.340 e. The van der Waals surface area contributed by atoms with Crippen molar-refractivity contribution < 1.29 is 9.59 Å². The molecule has 1 aliphatic heterocycles. The number of aromatic nitrogens is 2. The van der Waals surface area contributed by atoms with Crippen molar-refractivity contribution >= 4 is 38.5 Å². The summed E-state index contributed by atoms with van der Waals surface area (Å²) in [5, 5.41) is 3.32. The molecule has 1 saturated heterocycles. The summed E-state index contributed by atoms with van der Waals surface area (Å²) >= 11 is 1.34. The molecule has 0 atom stereocenters. The fourth-order valence-corrected chi connectivity index (χ4v) is 4.66. The molecule has 0 spiro atoms. The van der Waals surface area contributed by atoms with Gasteiger partial charge in [-0.05, 0) is 39.1 Å². The molecule has 1 fully saturated rings. The van der Waals surface area contributed by atoms with E-state index >= 15 is 0 Å². The van der Waals surface area contributed by atoms with E-state index in [1.165, 1.54) is 23.5 Å². The second-order valence-electron chi connectivity index (χ2n) is 7.91. The summed E-state index contributed by atoms with van der Waals surface area (Å²) in [6.45, 7) is 6.90. The van der Waals surface area contributed by atoms with Gasteiger partial charge in [0.15, 0.2) is 10.6 Å². The lowest BCUT2D eigenvalue weighted by Crippen LogP contribution is -2.47. The van der Waals surface area contributed by atoms with Crippen molar-refractivity contribution in [2.45, 2.75) is 20.4 Å². The van der Waals surface area contributed by atoms with Gasteiger partial charge in [-0.2, -0.15) is 0 Å². The fourth-order valence-electron chi connectivity index (χ4n) is 3.74. The van der Waals surface area contributed by atoms with Crippen molar-refractivity contribution in [3.05, 3.63) is 57.5 Å². The van der Waals surface area contributed by atoms with E-state index in [-0.39, 0.29) is 23.8 Å². The lowest BCUT2D eigenvalue weighted by molar-refractivity contribution is -0.116. The summed E-state index contributed by atoms with van der Waals surface area (Å²) in [6, 6.07) is 8.48. The zero-order valence-electron chi connectivity index (χ0n) is 17.8. The number of piperazine rings is 1. The summed E-state index contributed by atoms with van der Waals surface area (Å²) in [4.78, 5) is 45.5. The molecule has 0 bridgehead atoms. The van der Waals surface area contributed by atoms with Gasteiger partial charge in [-0.3, -0.25) is 14.4 Å². The highest BCUT2D eigenvalue weighted by atomic mass is 32.1. The van der Waals surface area contributed by atoms with Crippen LogP contribution in [0.25, 0.3) is 10.2 Å². The first-order valence-electron chi connectivity index (χ1n) is 10.2. The molecule has 2 amide bonds. The summed E-state index contributed by atoms with van der Waals surface area (Å²) in [5.74, 6) is -0.194. The molecule has 162 valence electrons. The fraction of sp³-hybridized carbons (Fsp3) is 0.364. The number of benzene rings is 1. The molecular formula is C22H25N5O3S. The van der Waals surface area contributed by atoms with Crippen molar-refractivity contribution in [1.82, 2.24) is 19.4 Å². The van der Waals surface area contributed by atoms with Gasteiger partial charge in [-0.25, -0.2) is 4.98 Å². The first-order valence-corrected chi connectivity index (χ1v) is 11.0. The quantitative estimate of drug-likeness (QED) is 0.673. The number of carbonyl (C=O) groups excluding carboxylic acids is 2. The molecular weight excluding hydrogens is 414 g/mol. The standard InChI is InChI=1S/C22H25N5O3S/c1-14-10-17(28)11-15(2)27(14)13-20(29)24-22-23-18-5-4-16(12-19(18)31-22)21(30)26-8-6-25(3)7-9-26/h4-5,10-12H,6-9,13H2,1-3H3,(H,23,24,29). The summed E-state index contributed by atoms with van der Waals surface area (Å²) in [5.41, 5.74) is 2.77. The molecule has 0 saturated carbocycles. The Kier molecular flexibility index (Phi) is 5.88. The van der Waals surface area contributed by atoms with Gasteiger partial charge in [0.25, 0.3) is 5.91 Å². The van der Waals surface area contributed by atoms with Crippen LogP contribution in [0.3, 0.4) is 0 Å². The van der Waals surface area contributed by atoms with E-state index in [1.807, 2.05) is 17.0 Å². The number of nitrogens with one attached hydrogen (secondary N) is 1. The SMILES string of the molecule is Cc1cc(=O)cc(C)n1CC(=O)Nc1nc2ccc(C(=O)N3CCN(C)CC3)cc2s1. The summed E-state index contributed by atoms with van der Waals surface area (Å²) < 4.78 is 2.64. The Morgan fingerprint density at radius 1 is 1.06 bits per heavy atom. The first-order chi connectivity index (χ1) is 14.8. The number of amides is 2. The highest BCUT2D eigenvalue weighted by Gasteiger charge is 2.21. The van der Waals surface area contributed by atoms with E-state index in [4.69, 9.17) is 0 Å². The third-order valence-corrected chi connectivity index (χ3v) is 6.46. The highest BCUT2D eigenvalue weighted by Crippen LogP contribution is 2.27. The number of hydrogen-bond acceptors (Lipinski definition) is 6. The van der Waals surface area contributed by atoms with Crippen LogP contribution in [0.15, 0.2) is 35.1 Å². The topological polar surface area (TPSA) is 87.5 Å². The van der Waals surface area contributed by atoms with Crippen LogP contribution in [-0.4, -0.2) is 64.4 Å². The highest BCUT2D eigenvalue weighted by molar-refractivity contribution is 7.22. The number of hydrogen-bond donors (Lipinski definition) is 1. The number of rotatable bonds is 4. The van der Waals surface area contributed by atoms with E-state index in [2.05, 4.69) is 22.2 Å². The molecule has 1 aliphatic rings. The second-order valence-corrected chi connectivity index (χ2v) is 8.94. The Morgan fingerprint density at radius 3 is 2.42 bits per heavy atom. The molecule has 0 radical (unpaired) electrons. The van der Waals surface area contributed by atoms with Crippen LogP contribution in [0.4, 0.5) is 5.13 Å². The Bertz CT molecular complexity index is 1180. The molecule has 0 unspecified atom stereocenters. The number of nitrogens with zero attached hydrogens (tertiary/aromatic N) is 4. The molecule has 1 N–H and O–H groups in total. The van der Waals surface area contributed by atoms with Crippen LogP contribution in [0.5, 0.6) is 0 Å². The van der Waals surface area contributed by atoms with Crippen molar-refractivity contribution in [1.29, 1.82) is 0 Å². The van der Waals surface area contributed by atoms with Crippen molar-refractivity contribution in [2.24, 2.45) is 0 Å². The molecule has 9 heteroatoms. The third kappa shape index (κ3) is 4.67. The minimum absolute atomic E-state index is 0.0261. The van der Waals surface area contributed by atoms with Crippen LogP contribution in [0.1, 0.15) is 21.7 Å². The maximum Gasteiger partial charge on any atom is 0.253 e. The van der Waals surface area contributed by atoms with Crippen molar-refractivity contribution in [2.75, 3.05) is 38.5 Å². The van der Waals surface area contributed by atoms with Gasteiger partial charge in [-0.15, -0.1) is 0 Å². The van der Waals surface area contributed by atoms with Crippen LogP contribution in [0, 0.1) is 13.8 Å². The number of thiazole rings is 1. The van der Waals surface area contributed by atoms with Crippen LogP contribution in [-0.2, 0) is 11.3 Å². The number of likely N-dealkylation sites (N-methyl/N-ethyl adjacent to an activating group) is 1. The van der Waals surface area contributed by atoms with E-state index in [1.54, 1.807) is 24.5 Å². The van der Waals surface area contributed by atoms with E-state index in [9.17, 15) is 14.4 Å². The maximum absolute atomic E-state index is 12.8. The van der Waals surface area contributed by atoms with E-state index in [0.717, 1.165) is 47.8 Å². The van der Waals surface area contributed by atoms with Crippen molar-refractivity contribution in [3.8, 4) is 0 Å². The first kappa shape index (κ1) is 21.2. The average Bonchev–Trinajstić information content (AvgIpc) is 3.12. The van der Waals surface area contributed by atoms with Gasteiger partial charge in [0.1, 0.15) is 6.54 Å². The molecule has 2 aromatic heterocycles. The zero-order chi connectivity index (χ0) is 22.1. The number of pyridine rings is 1. The zero-order valence-corrected chi connectivity index (χ0v) is 18.7. The Labute approximate surface area is 184 Å². The molecule has 3 heterocycles. The Balaban J connectivity index is 1.47. The van der Waals surface area contributed by atoms with Crippen LogP contribution in [0.2, 0.25) is 0 Å². The molecule has 1 aromatic carbocycles. The summed E-state index contributed by atoms with van der Waals surface area (Å²) in [7, 11) is 2.06. The number of aryl methyl sites for hydroxylation is 2. The predicted molar refractivity (Wildman–Crippen MR) is 122 cm³/mol. The number of fused-ring (bicyclic) bond motifs is 1.